The Balaban J connectivity index is 2.07. The predicted molar refractivity (Wildman–Crippen MR) is 88.0 cm³/mol. The van der Waals surface area contributed by atoms with Crippen LogP contribution in [-0.4, -0.2) is 24.5 Å². The van der Waals surface area contributed by atoms with Crippen molar-refractivity contribution in [2.45, 2.75) is 6.10 Å². The highest BCUT2D eigenvalue weighted by molar-refractivity contribution is 6.04. The normalized spacial score (nSPS) is 16.2. The molecule has 2 N–H and O–H groups in total. The monoisotopic (exact) mass is 308 g/mol. The molecule has 23 heavy (non-hydrogen) atoms. The molecule has 1 aliphatic heterocycles. The van der Waals surface area contributed by atoms with Crippen molar-refractivity contribution >= 4 is 17.5 Å². The number of hydrogen-bond donors (Lipinski definition) is 1. The Bertz CT molecular complexity index is 771. The molecule has 0 saturated carbocycles. The Labute approximate surface area is 134 Å². The van der Waals surface area contributed by atoms with Crippen LogP contribution < -0.4 is 15.4 Å². The van der Waals surface area contributed by atoms with Gasteiger partial charge in [0.05, 0.1) is 12.2 Å². The zero-order chi connectivity index (χ0) is 16.4. The van der Waals surface area contributed by atoms with Gasteiger partial charge in [-0.15, -0.1) is 0 Å². The lowest BCUT2D eigenvalue weighted by Crippen LogP contribution is -2.49. The first-order valence-electron chi connectivity index (χ1n) is 7.19. The van der Waals surface area contributed by atoms with Gasteiger partial charge < -0.3 is 15.4 Å². The third kappa shape index (κ3) is 2.81. The van der Waals surface area contributed by atoms with Gasteiger partial charge in [-0.2, -0.15) is 0 Å². The molecule has 1 aliphatic rings. The average Bonchev–Trinajstić information content (AvgIpc) is 2.60. The van der Waals surface area contributed by atoms with Gasteiger partial charge in [0.25, 0.3) is 11.8 Å². The second-order valence-corrected chi connectivity index (χ2v) is 5.21. The molecule has 0 aliphatic carbocycles. The van der Waals surface area contributed by atoms with Gasteiger partial charge in [-0.25, -0.2) is 0 Å². The number of rotatable bonds is 3. The molecule has 5 heteroatoms. The summed E-state index contributed by atoms with van der Waals surface area (Å²) in [4.78, 5) is 25.1. The lowest BCUT2D eigenvalue weighted by atomic mass is 10.0. The molecule has 0 bridgehead atoms. The van der Waals surface area contributed by atoms with Crippen molar-refractivity contribution in [3.8, 4) is 16.9 Å². The van der Waals surface area contributed by atoms with E-state index >= 15 is 0 Å². The maximum atomic E-state index is 12.1. The van der Waals surface area contributed by atoms with E-state index in [1.165, 1.54) is 11.0 Å². The zero-order valence-electron chi connectivity index (χ0n) is 12.4. The van der Waals surface area contributed by atoms with Crippen LogP contribution in [0.4, 0.5) is 5.69 Å². The highest BCUT2D eigenvalue weighted by Crippen LogP contribution is 2.37. The van der Waals surface area contributed by atoms with Crippen molar-refractivity contribution in [2.75, 3.05) is 11.4 Å². The van der Waals surface area contributed by atoms with E-state index in [1.54, 1.807) is 6.07 Å². The third-order valence-corrected chi connectivity index (χ3v) is 3.73. The van der Waals surface area contributed by atoms with Crippen molar-refractivity contribution in [1.29, 1.82) is 0 Å². The Morgan fingerprint density at radius 3 is 2.57 bits per heavy atom. The van der Waals surface area contributed by atoms with E-state index in [2.05, 4.69) is 6.58 Å². The molecule has 1 unspecified atom stereocenters. The molecular formula is C18H16N2O3. The van der Waals surface area contributed by atoms with Crippen LogP contribution in [0.25, 0.3) is 11.1 Å². The highest BCUT2D eigenvalue weighted by atomic mass is 16.5. The van der Waals surface area contributed by atoms with E-state index in [-0.39, 0.29) is 12.5 Å². The summed E-state index contributed by atoms with van der Waals surface area (Å²) in [5.41, 5.74) is 7.90. The van der Waals surface area contributed by atoms with E-state index in [4.69, 9.17) is 10.5 Å². The van der Waals surface area contributed by atoms with Crippen molar-refractivity contribution in [3.63, 3.8) is 0 Å². The van der Waals surface area contributed by atoms with Crippen molar-refractivity contribution < 1.29 is 14.3 Å². The van der Waals surface area contributed by atoms with Crippen LogP contribution >= 0.6 is 0 Å². The second kappa shape index (κ2) is 5.96. The molecule has 2 aromatic rings. The summed E-state index contributed by atoms with van der Waals surface area (Å²) in [5.74, 6) is -0.453. The molecule has 0 aromatic heterocycles. The number of anilines is 1. The van der Waals surface area contributed by atoms with Crippen LogP contribution in [-0.2, 0) is 9.59 Å². The first-order chi connectivity index (χ1) is 11.1. The maximum Gasteiger partial charge on any atom is 0.260 e. The van der Waals surface area contributed by atoms with Crippen molar-refractivity contribution in [2.24, 2.45) is 5.73 Å². The lowest BCUT2D eigenvalue weighted by molar-refractivity contribution is -0.125. The Kier molecular flexibility index (Phi) is 3.85. The van der Waals surface area contributed by atoms with E-state index in [9.17, 15) is 9.59 Å². The van der Waals surface area contributed by atoms with Crippen LogP contribution in [0.5, 0.6) is 5.75 Å². The summed E-state index contributed by atoms with van der Waals surface area (Å²) in [6.45, 7) is 3.59. The molecule has 2 aromatic carbocycles. The quantitative estimate of drug-likeness (QED) is 0.883. The molecule has 0 saturated heterocycles. The van der Waals surface area contributed by atoms with Gasteiger partial charge in [-0.1, -0.05) is 43.0 Å². The summed E-state index contributed by atoms with van der Waals surface area (Å²) < 4.78 is 5.61. The number of carbonyl (C=O) groups is 2. The number of fused-ring (bicyclic) bond motifs is 1. The Morgan fingerprint density at radius 2 is 1.91 bits per heavy atom. The molecule has 3 rings (SSSR count). The van der Waals surface area contributed by atoms with E-state index < -0.39 is 12.0 Å². The fourth-order valence-corrected chi connectivity index (χ4v) is 2.56. The van der Waals surface area contributed by atoms with E-state index in [0.29, 0.717) is 11.4 Å². The van der Waals surface area contributed by atoms with Crippen LogP contribution in [0.2, 0.25) is 0 Å². The average molecular weight is 308 g/mol. The molecule has 116 valence electrons. The zero-order valence-corrected chi connectivity index (χ0v) is 12.4. The summed E-state index contributed by atoms with van der Waals surface area (Å²) in [7, 11) is 0. The van der Waals surface area contributed by atoms with Crippen LogP contribution in [0.1, 0.15) is 0 Å². The molecule has 0 fully saturated rings. The molecule has 0 radical (unpaired) electrons. The molecule has 2 amide bonds. The number of carbonyl (C=O) groups excluding carboxylic acids is 2. The minimum absolute atomic E-state index is 0.0748. The smallest absolute Gasteiger partial charge is 0.260 e. The van der Waals surface area contributed by atoms with Gasteiger partial charge in [-0.05, 0) is 29.3 Å². The number of amides is 2. The summed E-state index contributed by atoms with van der Waals surface area (Å²) in [6, 6.07) is 15.3. The largest absolute Gasteiger partial charge is 0.477 e. The van der Waals surface area contributed by atoms with Gasteiger partial charge in [0.1, 0.15) is 5.75 Å². The molecule has 0 spiro atoms. The van der Waals surface area contributed by atoms with Crippen molar-refractivity contribution in [3.05, 3.63) is 61.2 Å². The highest BCUT2D eigenvalue weighted by Gasteiger charge is 2.32. The van der Waals surface area contributed by atoms with Gasteiger partial charge >= 0.3 is 0 Å². The number of primary amides is 1. The summed E-state index contributed by atoms with van der Waals surface area (Å²) >= 11 is 0. The number of ether oxygens (including phenoxy) is 1. The first-order valence-corrected chi connectivity index (χ1v) is 7.19. The topological polar surface area (TPSA) is 72.6 Å². The van der Waals surface area contributed by atoms with Crippen molar-refractivity contribution in [1.82, 2.24) is 0 Å². The van der Waals surface area contributed by atoms with E-state index in [1.807, 2.05) is 42.5 Å². The number of nitrogens with two attached hydrogens (primary N) is 1. The number of hydrogen-bond acceptors (Lipinski definition) is 3. The van der Waals surface area contributed by atoms with Gasteiger partial charge in [0, 0.05) is 0 Å². The lowest BCUT2D eigenvalue weighted by Gasteiger charge is -2.33. The SMILES string of the molecule is C=CC(=O)N1CC(C(N)=O)Oc2ccc(-c3ccccc3)cc21. The first kappa shape index (κ1) is 14.8. The van der Waals surface area contributed by atoms with Gasteiger partial charge in [0.2, 0.25) is 0 Å². The van der Waals surface area contributed by atoms with Crippen LogP contribution in [0.3, 0.4) is 0 Å². The fourth-order valence-electron chi connectivity index (χ4n) is 2.56. The van der Waals surface area contributed by atoms with Crippen LogP contribution in [0.15, 0.2) is 61.2 Å². The Hall–Kier alpha value is -3.08. The standard InChI is InChI=1S/C18H16N2O3/c1-2-17(21)20-11-16(18(19)22)23-15-9-8-13(10-14(15)20)12-6-4-3-5-7-12/h2-10,16H,1,11H2,(H2,19,22). The molecule has 1 heterocycles. The summed E-state index contributed by atoms with van der Waals surface area (Å²) in [5, 5.41) is 0. The van der Waals surface area contributed by atoms with E-state index in [0.717, 1.165) is 11.1 Å². The summed E-state index contributed by atoms with van der Waals surface area (Å²) in [6.07, 6.45) is 0.344. The minimum Gasteiger partial charge on any atom is -0.477 e. The fraction of sp³-hybridized carbons (Fsp3) is 0.111. The number of benzene rings is 2. The Morgan fingerprint density at radius 1 is 1.17 bits per heavy atom. The van der Waals surface area contributed by atoms with Gasteiger partial charge in [-0.3, -0.25) is 9.59 Å². The second-order valence-electron chi connectivity index (χ2n) is 5.21. The van der Waals surface area contributed by atoms with Crippen LogP contribution in [0, 0.1) is 0 Å². The minimum atomic E-state index is -0.867. The maximum absolute atomic E-state index is 12.1. The molecule has 1 atom stereocenters. The number of nitrogens with zero attached hydrogens (tertiary/aromatic N) is 1. The predicted octanol–water partition coefficient (Wildman–Crippen LogP) is 2.12. The molecular weight excluding hydrogens is 292 g/mol. The third-order valence-electron chi connectivity index (χ3n) is 3.73. The molecule has 5 nitrogen and oxygen atoms in total. The van der Waals surface area contributed by atoms with Gasteiger partial charge in [0.15, 0.2) is 6.10 Å².